The van der Waals surface area contributed by atoms with Gasteiger partial charge in [0.05, 0.1) is 6.04 Å². The molecule has 0 bridgehead atoms. The van der Waals surface area contributed by atoms with E-state index in [0.717, 1.165) is 12.3 Å². The van der Waals surface area contributed by atoms with Crippen LogP contribution >= 0.6 is 0 Å². The summed E-state index contributed by atoms with van der Waals surface area (Å²) in [5.41, 5.74) is 6.94. The van der Waals surface area contributed by atoms with Crippen LogP contribution in [-0.2, 0) is 0 Å². The van der Waals surface area contributed by atoms with E-state index in [9.17, 15) is 0 Å². The zero-order chi connectivity index (χ0) is 7.56. The van der Waals surface area contributed by atoms with Gasteiger partial charge in [-0.15, -0.1) is 0 Å². The lowest BCUT2D eigenvalue weighted by molar-refractivity contribution is 0.233. The van der Waals surface area contributed by atoms with Gasteiger partial charge < -0.3 is 0 Å². The zero-order valence-electron chi connectivity index (χ0n) is 6.80. The Labute approximate surface area is 62.5 Å². The number of hydrogen-bond donors (Lipinski definition) is 1. The summed E-state index contributed by atoms with van der Waals surface area (Å²) in [6, 6.07) is 0.323. The smallest absolute Gasteiger partial charge is 0.0733 e. The summed E-state index contributed by atoms with van der Waals surface area (Å²) in [6.07, 6.45) is 3.72. The van der Waals surface area contributed by atoms with Crippen LogP contribution in [0.2, 0.25) is 0 Å². The molecule has 0 heterocycles. The van der Waals surface area contributed by atoms with E-state index in [1.54, 1.807) is 0 Å². The van der Waals surface area contributed by atoms with E-state index in [1.165, 1.54) is 12.8 Å². The lowest BCUT2D eigenvalue weighted by Crippen LogP contribution is -2.26. The standard InChI is InChI=1S/C8H16N2/c1-6-4-3-5-8(10-9)7(6)2/h6-9H,3-5H2,1-2H3/t6?,7-,8-/m0/s1. The van der Waals surface area contributed by atoms with Gasteiger partial charge >= 0.3 is 0 Å². The fourth-order valence-electron chi connectivity index (χ4n) is 1.74. The van der Waals surface area contributed by atoms with Gasteiger partial charge in [0.15, 0.2) is 0 Å². The van der Waals surface area contributed by atoms with E-state index in [-0.39, 0.29) is 0 Å². The van der Waals surface area contributed by atoms with Crippen molar-refractivity contribution in [2.24, 2.45) is 17.0 Å². The molecule has 0 radical (unpaired) electrons. The van der Waals surface area contributed by atoms with Gasteiger partial charge in [-0.3, -0.25) is 0 Å². The largest absolute Gasteiger partial charge is 0.210 e. The first-order valence-corrected chi connectivity index (χ1v) is 4.12. The Bertz CT molecular complexity index is 122. The molecule has 0 aromatic heterocycles. The van der Waals surface area contributed by atoms with Crippen LogP contribution in [0.5, 0.6) is 0 Å². The Morgan fingerprint density at radius 3 is 2.50 bits per heavy atom. The Morgan fingerprint density at radius 1 is 1.30 bits per heavy atom. The third-order valence-electron chi connectivity index (χ3n) is 2.83. The van der Waals surface area contributed by atoms with Crippen LogP contribution in [0, 0.1) is 17.4 Å². The van der Waals surface area contributed by atoms with Gasteiger partial charge in [-0.1, -0.05) is 26.7 Å². The predicted octanol–water partition coefficient (Wildman–Crippen LogP) is 2.84. The van der Waals surface area contributed by atoms with Crippen LogP contribution < -0.4 is 0 Å². The molecule has 0 saturated heterocycles. The fourth-order valence-corrected chi connectivity index (χ4v) is 1.74. The Hall–Kier alpha value is -0.400. The van der Waals surface area contributed by atoms with Crippen LogP contribution in [0.1, 0.15) is 33.1 Å². The number of nitrogens with one attached hydrogen (secondary N) is 1. The maximum absolute atomic E-state index is 6.94. The van der Waals surface area contributed by atoms with Crippen LogP contribution in [0.15, 0.2) is 5.11 Å². The van der Waals surface area contributed by atoms with Crippen molar-refractivity contribution in [3.63, 3.8) is 0 Å². The molecule has 0 aromatic rings. The molecular formula is C8H16N2. The third-order valence-corrected chi connectivity index (χ3v) is 2.83. The second-order valence-electron chi connectivity index (χ2n) is 3.46. The maximum Gasteiger partial charge on any atom is 0.0733 e. The van der Waals surface area contributed by atoms with E-state index in [2.05, 4.69) is 19.0 Å². The summed E-state index contributed by atoms with van der Waals surface area (Å²) >= 11 is 0. The number of hydrogen-bond acceptors (Lipinski definition) is 2. The van der Waals surface area contributed by atoms with Crippen LogP contribution in [0.4, 0.5) is 0 Å². The molecule has 1 N–H and O–H groups in total. The molecule has 10 heavy (non-hydrogen) atoms. The Kier molecular flexibility index (Phi) is 2.41. The quantitative estimate of drug-likeness (QED) is 0.544. The molecule has 3 atom stereocenters. The lowest BCUT2D eigenvalue weighted by atomic mass is 9.78. The SMILES string of the molecule is CC1CCC[C@H](N=N)[C@H]1C. The van der Waals surface area contributed by atoms with E-state index >= 15 is 0 Å². The normalized spacial score (nSPS) is 41.2. The highest BCUT2D eigenvalue weighted by atomic mass is 15.0. The number of nitrogens with zero attached hydrogens (tertiary/aromatic N) is 1. The van der Waals surface area contributed by atoms with Gasteiger partial charge in [-0.2, -0.15) is 5.11 Å². The highest BCUT2D eigenvalue weighted by Crippen LogP contribution is 2.31. The molecule has 1 aliphatic rings. The molecule has 1 fully saturated rings. The summed E-state index contributed by atoms with van der Waals surface area (Å²) in [6.45, 7) is 4.48. The van der Waals surface area contributed by atoms with Crippen LogP contribution in [0.3, 0.4) is 0 Å². The second-order valence-corrected chi connectivity index (χ2v) is 3.46. The first-order chi connectivity index (χ1) is 4.75. The van der Waals surface area contributed by atoms with E-state index in [4.69, 9.17) is 5.53 Å². The summed E-state index contributed by atoms with van der Waals surface area (Å²) in [4.78, 5) is 0. The van der Waals surface area contributed by atoms with Crippen molar-refractivity contribution >= 4 is 0 Å². The molecule has 1 rings (SSSR count). The topological polar surface area (TPSA) is 36.2 Å². The molecule has 58 valence electrons. The molecule has 0 amide bonds. The monoisotopic (exact) mass is 140 g/mol. The molecule has 1 aliphatic carbocycles. The summed E-state index contributed by atoms with van der Waals surface area (Å²) < 4.78 is 0. The molecule has 0 aromatic carbocycles. The van der Waals surface area contributed by atoms with Gasteiger partial charge in [0.1, 0.15) is 0 Å². The zero-order valence-corrected chi connectivity index (χ0v) is 6.80. The molecule has 2 nitrogen and oxygen atoms in total. The van der Waals surface area contributed by atoms with Gasteiger partial charge in [0.25, 0.3) is 0 Å². The van der Waals surface area contributed by atoms with E-state index in [0.29, 0.717) is 12.0 Å². The minimum absolute atomic E-state index is 0.323. The predicted molar refractivity (Wildman–Crippen MR) is 41.1 cm³/mol. The Balaban J connectivity index is 2.50. The van der Waals surface area contributed by atoms with E-state index in [1.807, 2.05) is 0 Å². The van der Waals surface area contributed by atoms with Crippen molar-refractivity contribution in [2.75, 3.05) is 0 Å². The van der Waals surface area contributed by atoms with Crippen molar-refractivity contribution in [1.29, 1.82) is 5.53 Å². The Morgan fingerprint density at radius 2 is 2.00 bits per heavy atom. The lowest BCUT2D eigenvalue weighted by Gasteiger charge is -2.30. The first-order valence-electron chi connectivity index (χ1n) is 4.12. The minimum Gasteiger partial charge on any atom is -0.210 e. The van der Waals surface area contributed by atoms with Gasteiger partial charge in [-0.25, -0.2) is 5.53 Å². The highest BCUT2D eigenvalue weighted by Gasteiger charge is 2.26. The second kappa shape index (κ2) is 3.13. The van der Waals surface area contributed by atoms with Crippen molar-refractivity contribution < 1.29 is 0 Å². The van der Waals surface area contributed by atoms with Crippen molar-refractivity contribution in [3.05, 3.63) is 0 Å². The molecular weight excluding hydrogens is 124 g/mol. The molecule has 1 saturated carbocycles. The fraction of sp³-hybridized carbons (Fsp3) is 1.00. The van der Waals surface area contributed by atoms with Gasteiger partial charge in [0, 0.05) is 0 Å². The first kappa shape index (κ1) is 7.70. The summed E-state index contributed by atoms with van der Waals surface area (Å²) in [5, 5.41) is 3.63. The average molecular weight is 140 g/mol. The molecule has 2 heteroatoms. The molecule has 0 spiro atoms. The van der Waals surface area contributed by atoms with Crippen LogP contribution in [-0.4, -0.2) is 6.04 Å². The highest BCUT2D eigenvalue weighted by molar-refractivity contribution is 4.80. The van der Waals surface area contributed by atoms with Crippen molar-refractivity contribution in [3.8, 4) is 0 Å². The van der Waals surface area contributed by atoms with E-state index < -0.39 is 0 Å². The number of rotatable bonds is 1. The maximum atomic E-state index is 6.94. The third kappa shape index (κ3) is 1.36. The van der Waals surface area contributed by atoms with Gasteiger partial charge in [-0.05, 0) is 18.3 Å². The average Bonchev–Trinajstić information content (AvgIpc) is 1.95. The summed E-state index contributed by atoms with van der Waals surface area (Å²) in [7, 11) is 0. The van der Waals surface area contributed by atoms with Gasteiger partial charge in [0.2, 0.25) is 0 Å². The molecule has 0 aliphatic heterocycles. The summed E-state index contributed by atoms with van der Waals surface area (Å²) in [5.74, 6) is 1.40. The van der Waals surface area contributed by atoms with Crippen molar-refractivity contribution in [1.82, 2.24) is 0 Å². The minimum atomic E-state index is 0.323. The molecule has 1 unspecified atom stereocenters. The van der Waals surface area contributed by atoms with Crippen molar-refractivity contribution in [2.45, 2.75) is 39.2 Å². The van der Waals surface area contributed by atoms with Crippen LogP contribution in [0.25, 0.3) is 0 Å².